The van der Waals surface area contributed by atoms with Crippen LogP contribution >= 0.6 is 11.8 Å². The number of nitrogens with one attached hydrogen (secondary N) is 1. The zero-order chi connectivity index (χ0) is 18.3. The number of benzene rings is 1. The third kappa shape index (κ3) is 6.07. The largest absolute Gasteiger partial charge is 0.465 e. The number of esters is 1. The molecule has 0 unspecified atom stereocenters. The number of carbonyl (C=O) groups is 2. The Kier molecular flexibility index (Phi) is 7.01. The van der Waals surface area contributed by atoms with E-state index in [0.29, 0.717) is 6.07 Å². The first-order chi connectivity index (χ1) is 11.1. The van der Waals surface area contributed by atoms with Crippen molar-refractivity contribution in [1.29, 1.82) is 0 Å². The molecule has 7 nitrogen and oxygen atoms in total. The normalized spacial score (nSPS) is 11.0. The lowest BCUT2D eigenvalue weighted by molar-refractivity contribution is -0.385. The number of anilines is 1. The van der Waals surface area contributed by atoms with Gasteiger partial charge in [0.1, 0.15) is 0 Å². The van der Waals surface area contributed by atoms with Crippen LogP contribution in [0.2, 0.25) is 0 Å². The zero-order valence-electron chi connectivity index (χ0n) is 12.4. The number of halogens is 3. The van der Waals surface area contributed by atoms with Crippen molar-refractivity contribution in [1.82, 2.24) is 0 Å². The Morgan fingerprint density at radius 2 is 2.00 bits per heavy atom. The van der Waals surface area contributed by atoms with E-state index in [-0.39, 0.29) is 18.1 Å². The Labute approximate surface area is 138 Å². The molecule has 0 bridgehead atoms. The first kappa shape index (κ1) is 19.7. The van der Waals surface area contributed by atoms with Gasteiger partial charge < -0.3 is 10.1 Å². The smallest absolute Gasteiger partial charge is 0.418 e. The number of non-ortho nitro benzene ring substituents is 1. The molecular weight excluding hydrogens is 353 g/mol. The summed E-state index contributed by atoms with van der Waals surface area (Å²) in [7, 11) is 0. The predicted molar refractivity (Wildman–Crippen MR) is 80.7 cm³/mol. The van der Waals surface area contributed by atoms with Crippen molar-refractivity contribution in [3.8, 4) is 0 Å². The van der Waals surface area contributed by atoms with E-state index in [0.717, 1.165) is 23.9 Å². The van der Waals surface area contributed by atoms with Gasteiger partial charge in [-0.15, -0.1) is 11.8 Å². The third-order valence-electron chi connectivity index (χ3n) is 2.55. The summed E-state index contributed by atoms with van der Waals surface area (Å²) in [5.74, 6) is -1.70. The molecule has 1 amide bonds. The summed E-state index contributed by atoms with van der Waals surface area (Å²) >= 11 is 0.874. The van der Waals surface area contributed by atoms with Crippen molar-refractivity contribution < 1.29 is 32.4 Å². The van der Waals surface area contributed by atoms with Crippen molar-refractivity contribution in [2.75, 3.05) is 23.4 Å². The van der Waals surface area contributed by atoms with Crippen LogP contribution in [0, 0.1) is 10.1 Å². The first-order valence-corrected chi connectivity index (χ1v) is 7.69. The number of nitro benzene ring substituents is 1. The molecule has 0 spiro atoms. The third-order valence-corrected chi connectivity index (χ3v) is 3.46. The Bertz CT molecular complexity index is 637. The van der Waals surface area contributed by atoms with Gasteiger partial charge in [0.15, 0.2) is 0 Å². The Morgan fingerprint density at radius 1 is 1.33 bits per heavy atom. The topological polar surface area (TPSA) is 98.5 Å². The number of carbonyl (C=O) groups excluding carboxylic acids is 2. The highest BCUT2D eigenvalue weighted by Gasteiger charge is 2.35. The summed E-state index contributed by atoms with van der Waals surface area (Å²) in [5.41, 5.74) is -2.65. The highest BCUT2D eigenvalue weighted by molar-refractivity contribution is 8.00. The van der Waals surface area contributed by atoms with Gasteiger partial charge in [0.05, 0.1) is 34.3 Å². The van der Waals surface area contributed by atoms with E-state index in [1.807, 2.05) is 5.32 Å². The summed E-state index contributed by atoms with van der Waals surface area (Å²) < 4.78 is 43.5. The van der Waals surface area contributed by atoms with E-state index in [1.165, 1.54) is 0 Å². The van der Waals surface area contributed by atoms with Crippen LogP contribution in [0.4, 0.5) is 24.5 Å². The van der Waals surface area contributed by atoms with Crippen molar-refractivity contribution in [2.45, 2.75) is 13.1 Å². The summed E-state index contributed by atoms with van der Waals surface area (Å²) in [6, 6.07) is 2.02. The van der Waals surface area contributed by atoms with Gasteiger partial charge in [-0.25, -0.2) is 0 Å². The number of amides is 1. The van der Waals surface area contributed by atoms with Crippen molar-refractivity contribution in [3.63, 3.8) is 0 Å². The molecule has 0 fully saturated rings. The second-order valence-electron chi connectivity index (χ2n) is 4.33. The number of alkyl halides is 3. The Hall–Kier alpha value is -2.30. The van der Waals surface area contributed by atoms with Crippen LogP contribution in [0.3, 0.4) is 0 Å². The number of ether oxygens (including phenoxy) is 1. The molecule has 0 saturated carbocycles. The molecule has 0 aromatic heterocycles. The zero-order valence-corrected chi connectivity index (χ0v) is 13.2. The molecule has 0 heterocycles. The van der Waals surface area contributed by atoms with Gasteiger partial charge in [-0.05, 0) is 13.0 Å². The van der Waals surface area contributed by atoms with Crippen LogP contribution in [-0.4, -0.2) is 34.9 Å². The number of hydrogen-bond donors (Lipinski definition) is 1. The van der Waals surface area contributed by atoms with Crippen LogP contribution in [0.25, 0.3) is 0 Å². The molecule has 0 atom stereocenters. The predicted octanol–water partition coefficient (Wildman–Crippen LogP) is 2.85. The summed E-state index contributed by atoms with van der Waals surface area (Å²) in [6.45, 7) is 1.80. The molecule has 11 heteroatoms. The van der Waals surface area contributed by atoms with E-state index in [1.54, 1.807) is 6.92 Å². The maximum atomic E-state index is 12.9. The van der Waals surface area contributed by atoms with E-state index in [4.69, 9.17) is 0 Å². The molecular formula is C13H13F3N2O5S. The average Bonchev–Trinajstić information content (AvgIpc) is 2.46. The van der Waals surface area contributed by atoms with Gasteiger partial charge in [-0.2, -0.15) is 13.2 Å². The number of nitro groups is 1. The monoisotopic (exact) mass is 366 g/mol. The Morgan fingerprint density at radius 3 is 2.54 bits per heavy atom. The minimum atomic E-state index is -4.87. The van der Waals surface area contributed by atoms with Crippen LogP contribution in [0.1, 0.15) is 12.5 Å². The van der Waals surface area contributed by atoms with Crippen LogP contribution in [0.15, 0.2) is 18.2 Å². The fraction of sp³-hybridized carbons (Fsp3) is 0.385. The van der Waals surface area contributed by atoms with Gasteiger partial charge in [0.2, 0.25) is 5.91 Å². The lowest BCUT2D eigenvalue weighted by atomic mass is 10.1. The molecule has 0 radical (unpaired) electrons. The maximum absolute atomic E-state index is 12.9. The highest BCUT2D eigenvalue weighted by atomic mass is 32.2. The van der Waals surface area contributed by atoms with E-state index in [9.17, 15) is 32.9 Å². The molecule has 24 heavy (non-hydrogen) atoms. The van der Waals surface area contributed by atoms with Gasteiger partial charge in [-0.1, -0.05) is 0 Å². The quantitative estimate of drug-likeness (QED) is 0.453. The molecule has 1 rings (SSSR count). The first-order valence-electron chi connectivity index (χ1n) is 6.54. The van der Waals surface area contributed by atoms with Crippen molar-refractivity contribution in [3.05, 3.63) is 33.9 Å². The maximum Gasteiger partial charge on any atom is 0.418 e. The fourth-order valence-electron chi connectivity index (χ4n) is 1.61. The highest BCUT2D eigenvalue weighted by Crippen LogP contribution is 2.37. The van der Waals surface area contributed by atoms with Gasteiger partial charge in [0, 0.05) is 12.1 Å². The average molecular weight is 366 g/mol. The second kappa shape index (κ2) is 8.52. The standard InChI is InChI=1S/C13H13F3N2O5S/c1-2-23-12(20)7-24-6-11(19)17-10-4-3-8(18(21)22)5-9(10)13(14,15)16/h3-5H,2,6-7H2,1H3,(H,17,19). The number of nitrogens with zero attached hydrogens (tertiary/aromatic N) is 1. The molecule has 132 valence electrons. The van der Waals surface area contributed by atoms with Gasteiger partial charge in [0.25, 0.3) is 5.69 Å². The summed E-state index contributed by atoms with van der Waals surface area (Å²) in [4.78, 5) is 32.4. The summed E-state index contributed by atoms with van der Waals surface area (Å²) in [5, 5.41) is 12.6. The van der Waals surface area contributed by atoms with Crippen LogP contribution < -0.4 is 5.32 Å². The van der Waals surface area contributed by atoms with Crippen LogP contribution in [0.5, 0.6) is 0 Å². The fourth-order valence-corrected chi connectivity index (χ4v) is 2.21. The van der Waals surface area contributed by atoms with E-state index in [2.05, 4.69) is 4.74 Å². The second-order valence-corrected chi connectivity index (χ2v) is 5.32. The van der Waals surface area contributed by atoms with Gasteiger partial charge >= 0.3 is 12.1 Å². The van der Waals surface area contributed by atoms with Crippen LogP contribution in [-0.2, 0) is 20.5 Å². The lowest BCUT2D eigenvalue weighted by Gasteiger charge is -2.13. The molecule has 0 saturated heterocycles. The summed E-state index contributed by atoms with van der Waals surface area (Å²) in [6.07, 6.45) is -4.87. The minimum absolute atomic E-state index is 0.117. The molecule has 1 aromatic carbocycles. The van der Waals surface area contributed by atoms with E-state index < -0.39 is 39.9 Å². The molecule has 0 aliphatic carbocycles. The molecule has 0 aliphatic rings. The van der Waals surface area contributed by atoms with E-state index >= 15 is 0 Å². The molecule has 1 aromatic rings. The van der Waals surface area contributed by atoms with Crippen molar-refractivity contribution >= 4 is 35.0 Å². The molecule has 0 aliphatic heterocycles. The minimum Gasteiger partial charge on any atom is -0.465 e. The van der Waals surface area contributed by atoms with Gasteiger partial charge in [-0.3, -0.25) is 19.7 Å². The lowest BCUT2D eigenvalue weighted by Crippen LogP contribution is -2.19. The number of rotatable bonds is 7. The molecule has 1 N–H and O–H groups in total. The Balaban J connectivity index is 2.78. The van der Waals surface area contributed by atoms with Crippen molar-refractivity contribution in [2.24, 2.45) is 0 Å². The number of thioether (sulfide) groups is 1. The number of hydrogen-bond acceptors (Lipinski definition) is 6. The SMILES string of the molecule is CCOC(=O)CSCC(=O)Nc1ccc([N+](=O)[O-])cc1C(F)(F)F.